The summed E-state index contributed by atoms with van der Waals surface area (Å²) in [6, 6.07) is 6.98. The first-order valence-electron chi connectivity index (χ1n) is 10.7. The Kier molecular flexibility index (Phi) is 6.94. The molecule has 3 N–H and O–H groups in total. The SMILES string of the molecule is Cc1sc2ncnc(SCC(=O)Nc3ccccc3C(=O)N3CCC(C(N)=O)CC3)c2c1C. The third kappa shape index (κ3) is 5.01. The highest BCUT2D eigenvalue weighted by molar-refractivity contribution is 8.00. The Morgan fingerprint density at radius 2 is 1.91 bits per heavy atom. The number of thioether (sulfide) groups is 1. The van der Waals surface area contributed by atoms with E-state index in [0.29, 0.717) is 37.2 Å². The van der Waals surface area contributed by atoms with Gasteiger partial charge in [0.2, 0.25) is 11.8 Å². The molecule has 1 saturated heterocycles. The fourth-order valence-corrected chi connectivity index (χ4v) is 5.81. The van der Waals surface area contributed by atoms with Crippen LogP contribution in [0.1, 0.15) is 33.6 Å². The second kappa shape index (κ2) is 9.88. The summed E-state index contributed by atoms with van der Waals surface area (Å²) in [5.41, 5.74) is 7.43. The van der Waals surface area contributed by atoms with E-state index < -0.39 is 0 Å². The molecule has 3 aromatic rings. The highest BCUT2D eigenvalue weighted by Crippen LogP contribution is 2.34. The number of nitrogens with one attached hydrogen (secondary N) is 1. The van der Waals surface area contributed by atoms with Crippen LogP contribution in [0.15, 0.2) is 35.6 Å². The van der Waals surface area contributed by atoms with Crippen molar-refractivity contribution in [2.45, 2.75) is 31.7 Å². The summed E-state index contributed by atoms with van der Waals surface area (Å²) in [7, 11) is 0. The predicted octanol–water partition coefficient (Wildman–Crippen LogP) is 3.38. The van der Waals surface area contributed by atoms with Gasteiger partial charge in [-0.3, -0.25) is 14.4 Å². The average Bonchev–Trinajstić information content (AvgIpc) is 3.11. The topological polar surface area (TPSA) is 118 Å². The van der Waals surface area contributed by atoms with Crippen LogP contribution in [-0.4, -0.2) is 51.4 Å². The number of carbonyl (C=O) groups excluding carboxylic acids is 3. The fourth-order valence-electron chi connectivity index (χ4n) is 3.90. The standard InChI is InChI=1S/C23H25N5O3S2/c1-13-14(2)33-22-19(13)21(25-12-26-22)32-11-18(29)27-17-6-4-3-5-16(17)23(31)28-9-7-15(8-10-28)20(24)30/h3-6,12,15H,7-11H2,1-2H3,(H2,24,30)(H,27,29). The number of carbonyl (C=O) groups is 3. The summed E-state index contributed by atoms with van der Waals surface area (Å²) >= 11 is 2.97. The van der Waals surface area contributed by atoms with Crippen LogP contribution in [-0.2, 0) is 9.59 Å². The number of para-hydroxylation sites is 1. The molecule has 1 fully saturated rings. The molecule has 0 atom stereocenters. The summed E-state index contributed by atoms with van der Waals surface area (Å²) in [5, 5.41) is 4.64. The molecule has 0 bridgehead atoms. The van der Waals surface area contributed by atoms with Crippen molar-refractivity contribution in [2.75, 3.05) is 24.2 Å². The van der Waals surface area contributed by atoms with Gasteiger partial charge in [0, 0.05) is 29.3 Å². The lowest BCUT2D eigenvalue weighted by molar-refractivity contribution is -0.123. The number of nitrogens with zero attached hydrogens (tertiary/aromatic N) is 3. The first kappa shape index (κ1) is 23.2. The van der Waals surface area contributed by atoms with Crippen LogP contribution in [0.25, 0.3) is 10.2 Å². The second-order valence-electron chi connectivity index (χ2n) is 7.99. The molecule has 3 heterocycles. The van der Waals surface area contributed by atoms with Gasteiger partial charge in [-0.15, -0.1) is 11.3 Å². The summed E-state index contributed by atoms with van der Waals surface area (Å²) in [6.45, 7) is 5.02. The molecule has 10 heteroatoms. The van der Waals surface area contributed by atoms with Gasteiger partial charge in [0.1, 0.15) is 16.2 Å². The van der Waals surface area contributed by atoms with Crippen molar-refractivity contribution < 1.29 is 14.4 Å². The minimum atomic E-state index is -0.318. The molecule has 0 unspecified atom stereocenters. The summed E-state index contributed by atoms with van der Waals surface area (Å²) in [6.07, 6.45) is 2.63. The smallest absolute Gasteiger partial charge is 0.255 e. The van der Waals surface area contributed by atoms with Crippen LogP contribution < -0.4 is 11.1 Å². The molecule has 1 aliphatic heterocycles. The van der Waals surface area contributed by atoms with Crippen LogP contribution >= 0.6 is 23.1 Å². The molecule has 33 heavy (non-hydrogen) atoms. The van der Waals surface area contributed by atoms with Crippen molar-refractivity contribution in [1.82, 2.24) is 14.9 Å². The van der Waals surface area contributed by atoms with E-state index in [0.717, 1.165) is 20.8 Å². The molecule has 2 aromatic heterocycles. The van der Waals surface area contributed by atoms with E-state index in [9.17, 15) is 14.4 Å². The number of hydrogen-bond acceptors (Lipinski definition) is 7. The van der Waals surface area contributed by atoms with E-state index in [1.807, 2.05) is 13.8 Å². The minimum absolute atomic E-state index is 0.160. The quantitative estimate of drug-likeness (QED) is 0.410. The monoisotopic (exact) mass is 483 g/mol. The van der Waals surface area contributed by atoms with Crippen LogP contribution in [0.4, 0.5) is 5.69 Å². The molecule has 1 aromatic carbocycles. The number of likely N-dealkylation sites (tertiary alicyclic amines) is 1. The van der Waals surface area contributed by atoms with Gasteiger partial charge in [-0.1, -0.05) is 23.9 Å². The zero-order valence-corrected chi connectivity index (χ0v) is 20.1. The maximum absolute atomic E-state index is 13.1. The number of aromatic nitrogens is 2. The molecular weight excluding hydrogens is 458 g/mol. The van der Waals surface area contributed by atoms with E-state index in [1.165, 1.54) is 23.0 Å². The highest BCUT2D eigenvalue weighted by atomic mass is 32.2. The van der Waals surface area contributed by atoms with E-state index in [-0.39, 0.29) is 29.4 Å². The third-order valence-electron chi connectivity index (χ3n) is 5.89. The number of hydrogen-bond donors (Lipinski definition) is 2. The van der Waals surface area contributed by atoms with E-state index in [2.05, 4.69) is 15.3 Å². The number of amides is 3. The molecule has 0 aliphatic carbocycles. The van der Waals surface area contributed by atoms with Crippen molar-refractivity contribution >= 4 is 56.7 Å². The number of piperidine rings is 1. The number of rotatable bonds is 6. The Hall–Kier alpha value is -2.98. The number of aryl methyl sites for hydroxylation is 2. The molecule has 0 radical (unpaired) electrons. The van der Waals surface area contributed by atoms with E-state index in [4.69, 9.17) is 5.73 Å². The van der Waals surface area contributed by atoms with E-state index in [1.54, 1.807) is 40.5 Å². The van der Waals surface area contributed by atoms with Gasteiger partial charge in [0.05, 0.1) is 17.0 Å². The molecule has 172 valence electrons. The summed E-state index contributed by atoms with van der Waals surface area (Å²) in [4.78, 5) is 49.7. The zero-order chi connectivity index (χ0) is 23.5. The minimum Gasteiger partial charge on any atom is -0.369 e. The second-order valence-corrected chi connectivity index (χ2v) is 10.2. The molecular formula is C23H25N5O3S2. The number of thiophene rings is 1. The molecule has 3 amide bonds. The van der Waals surface area contributed by atoms with Gasteiger partial charge < -0.3 is 16.0 Å². The third-order valence-corrected chi connectivity index (χ3v) is 7.99. The lowest BCUT2D eigenvalue weighted by Crippen LogP contribution is -2.42. The number of fused-ring (bicyclic) bond motifs is 1. The number of anilines is 1. The van der Waals surface area contributed by atoms with Crippen molar-refractivity contribution in [1.29, 1.82) is 0 Å². The van der Waals surface area contributed by atoms with Gasteiger partial charge in [-0.2, -0.15) is 0 Å². The number of primary amides is 1. The Morgan fingerprint density at radius 1 is 1.18 bits per heavy atom. The predicted molar refractivity (Wildman–Crippen MR) is 131 cm³/mol. The van der Waals surface area contributed by atoms with Crippen LogP contribution in [0.2, 0.25) is 0 Å². The maximum atomic E-state index is 13.1. The number of benzene rings is 1. The molecule has 8 nitrogen and oxygen atoms in total. The first-order valence-corrected chi connectivity index (χ1v) is 12.5. The van der Waals surface area contributed by atoms with Crippen LogP contribution in [0.3, 0.4) is 0 Å². The lowest BCUT2D eigenvalue weighted by atomic mass is 9.95. The normalized spacial score (nSPS) is 14.4. The molecule has 0 spiro atoms. The van der Waals surface area contributed by atoms with Gasteiger partial charge in [0.15, 0.2) is 0 Å². The Morgan fingerprint density at radius 3 is 2.64 bits per heavy atom. The molecule has 0 saturated carbocycles. The first-order chi connectivity index (χ1) is 15.8. The lowest BCUT2D eigenvalue weighted by Gasteiger charge is -2.31. The molecule has 4 rings (SSSR count). The Labute approximate surface area is 200 Å². The van der Waals surface area contributed by atoms with Gasteiger partial charge in [-0.05, 0) is 44.4 Å². The van der Waals surface area contributed by atoms with Crippen LogP contribution in [0, 0.1) is 19.8 Å². The van der Waals surface area contributed by atoms with Crippen LogP contribution in [0.5, 0.6) is 0 Å². The van der Waals surface area contributed by atoms with Crippen molar-refractivity contribution in [3.05, 3.63) is 46.6 Å². The highest BCUT2D eigenvalue weighted by Gasteiger charge is 2.27. The summed E-state index contributed by atoms with van der Waals surface area (Å²) in [5.74, 6) is -0.731. The van der Waals surface area contributed by atoms with Crippen molar-refractivity contribution in [3.63, 3.8) is 0 Å². The Balaban J connectivity index is 1.42. The fraction of sp³-hybridized carbons (Fsp3) is 0.348. The number of nitrogens with two attached hydrogens (primary N) is 1. The molecule has 1 aliphatic rings. The largest absolute Gasteiger partial charge is 0.369 e. The van der Waals surface area contributed by atoms with E-state index >= 15 is 0 Å². The van der Waals surface area contributed by atoms with Crippen molar-refractivity contribution in [3.8, 4) is 0 Å². The average molecular weight is 484 g/mol. The summed E-state index contributed by atoms with van der Waals surface area (Å²) < 4.78 is 0. The van der Waals surface area contributed by atoms with Gasteiger partial charge >= 0.3 is 0 Å². The van der Waals surface area contributed by atoms with Crippen molar-refractivity contribution in [2.24, 2.45) is 11.7 Å². The Bertz CT molecular complexity index is 1220. The zero-order valence-electron chi connectivity index (χ0n) is 18.5. The maximum Gasteiger partial charge on any atom is 0.255 e. The van der Waals surface area contributed by atoms with Gasteiger partial charge in [-0.25, -0.2) is 9.97 Å². The van der Waals surface area contributed by atoms with Gasteiger partial charge in [0.25, 0.3) is 5.91 Å².